The molecule has 0 saturated carbocycles. The van der Waals surface area contributed by atoms with Crippen molar-refractivity contribution in [2.75, 3.05) is 39.8 Å². The molecule has 0 bridgehead atoms. The number of likely N-dealkylation sites (tertiary alicyclic amines) is 1. The number of amides is 3. The van der Waals surface area contributed by atoms with E-state index in [4.69, 9.17) is 0 Å². The highest BCUT2D eigenvalue weighted by Gasteiger charge is 2.29. The number of carbonyl (C=O) groups excluding carboxylic acids is 2. The molecule has 96 valence electrons. The molecule has 2 aliphatic rings. The molecule has 17 heavy (non-hydrogen) atoms. The molecule has 0 N–H and O–H groups in total. The van der Waals surface area contributed by atoms with Gasteiger partial charge in [-0.2, -0.15) is 0 Å². The van der Waals surface area contributed by atoms with Gasteiger partial charge in [0, 0.05) is 33.2 Å². The molecule has 5 nitrogen and oxygen atoms in total. The SMILES string of the molecule is CC1CCCN(C(=O)N2CCN(C)C(=O)C2)C1. The summed E-state index contributed by atoms with van der Waals surface area (Å²) in [7, 11) is 1.78. The van der Waals surface area contributed by atoms with E-state index in [1.807, 2.05) is 4.90 Å². The average molecular weight is 239 g/mol. The van der Waals surface area contributed by atoms with Crippen LogP contribution in [0.5, 0.6) is 0 Å². The summed E-state index contributed by atoms with van der Waals surface area (Å²) in [5.74, 6) is 0.616. The van der Waals surface area contributed by atoms with Crippen LogP contribution in [-0.2, 0) is 4.79 Å². The van der Waals surface area contributed by atoms with E-state index in [0.29, 0.717) is 19.0 Å². The van der Waals surface area contributed by atoms with Gasteiger partial charge in [0.15, 0.2) is 0 Å². The van der Waals surface area contributed by atoms with E-state index in [-0.39, 0.29) is 18.5 Å². The van der Waals surface area contributed by atoms with Crippen molar-refractivity contribution in [3.05, 3.63) is 0 Å². The number of nitrogens with zero attached hydrogens (tertiary/aromatic N) is 3. The standard InChI is InChI=1S/C12H21N3O2/c1-10-4-3-5-14(8-10)12(17)15-7-6-13(2)11(16)9-15/h10H,3-9H2,1-2H3. The second kappa shape index (κ2) is 4.94. The van der Waals surface area contributed by atoms with Gasteiger partial charge in [-0.05, 0) is 18.8 Å². The summed E-state index contributed by atoms with van der Waals surface area (Å²) in [6, 6.07) is 0.0398. The maximum absolute atomic E-state index is 12.2. The molecule has 2 heterocycles. The van der Waals surface area contributed by atoms with Crippen molar-refractivity contribution in [2.45, 2.75) is 19.8 Å². The smallest absolute Gasteiger partial charge is 0.320 e. The minimum Gasteiger partial charge on any atom is -0.342 e. The average Bonchev–Trinajstić information content (AvgIpc) is 2.32. The number of piperidine rings is 1. The molecule has 1 unspecified atom stereocenters. The molecule has 0 aliphatic carbocycles. The molecule has 2 aliphatic heterocycles. The molecule has 0 aromatic rings. The van der Waals surface area contributed by atoms with E-state index in [1.165, 1.54) is 6.42 Å². The van der Waals surface area contributed by atoms with Crippen molar-refractivity contribution < 1.29 is 9.59 Å². The molecule has 2 rings (SSSR count). The Hall–Kier alpha value is -1.26. The molecule has 2 fully saturated rings. The largest absolute Gasteiger partial charge is 0.342 e. The Morgan fingerprint density at radius 2 is 2.00 bits per heavy atom. The van der Waals surface area contributed by atoms with Crippen molar-refractivity contribution in [2.24, 2.45) is 5.92 Å². The van der Waals surface area contributed by atoms with Crippen molar-refractivity contribution in [1.29, 1.82) is 0 Å². The van der Waals surface area contributed by atoms with Crippen molar-refractivity contribution >= 4 is 11.9 Å². The van der Waals surface area contributed by atoms with Gasteiger partial charge < -0.3 is 14.7 Å². The zero-order valence-corrected chi connectivity index (χ0v) is 10.7. The van der Waals surface area contributed by atoms with E-state index in [9.17, 15) is 9.59 Å². The van der Waals surface area contributed by atoms with E-state index in [1.54, 1.807) is 16.8 Å². The molecular formula is C12H21N3O2. The first-order valence-corrected chi connectivity index (χ1v) is 6.35. The summed E-state index contributed by atoms with van der Waals surface area (Å²) in [5, 5.41) is 0. The summed E-state index contributed by atoms with van der Waals surface area (Å²) in [5.41, 5.74) is 0. The fourth-order valence-electron chi connectivity index (χ4n) is 2.48. The number of urea groups is 1. The Morgan fingerprint density at radius 1 is 1.24 bits per heavy atom. The van der Waals surface area contributed by atoms with Gasteiger partial charge in [-0.15, -0.1) is 0 Å². The Kier molecular flexibility index (Phi) is 3.54. The van der Waals surface area contributed by atoms with Crippen LogP contribution in [0, 0.1) is 5.92 Å². The number of piperazine rings is 1. The Morgan fingerprint density at radius 3 is 2.65 bits per heavy atom. The van der Waals surface area contributed by atoms with Gasteiger partial charge in [-0.3, -0.25) is 4.79 Å². The number of rotatable bonds is 0. The quantitative estimate of drug-likeness (QED) is 0.622. The second-order valence-corrected chi connectivity index (χ2v) is 5.21. The van der Waals surface area contributed by atoms with Gasteiger partial charge in [-0.25, -0.2) is 4.79 Å². The first-order chi connectivity index (χ1) is 8.08. The summed E-state index contributed by atoms with van der Waals surface area (Å²) < 4.78 is 0. The fourth-order valence-corrected chi connectivity index (χ4v) is 2.48. The van der Waals surface area contributed by atoms with Crippen LogP contribution in [0.25, 0.3) is 0 Å². The Labute approximate surface area is 102 Å². The molecule has 3 amide bonds. The van der Waals surface area contributed by atoms with Crippen molar-refractivity contribution in [1.82, 2.24) is 14.7 Å². The monoisotopic (exact) mass is 239 g/mol. The van der Waals surface area contributed by atoms with Gasteiger partial charge in [-0.1, -0.05) is 6.92 Å². The highest BCUT2D eigenvalue weighted by molar-refractivity contribution is 5.85. The van der Waals surface area contributed by atoms with Crippen LogP contribution >= 0.6 is 0 Å². The molecule has 0 radical (unpaired) electrons. The molecule has 5 heteroatoms. The summed E-state index contributed by atoms with van der Waals surface area (Å²) in [6.45, 7) is 5.39. The van der Waals surface area contributed by atoms with Crippen LogP contribution in [0.3, 0.4) is 0 Å². The molecule has 0 aromatic heterocycles. The molecule has 0 aromatic carbocycles. The summed E-state index contributed by atoms with van der Waals surface area (Å²) in [6.07, 6.45) is 2.28. The first-order valence-electron chi connectivity index (χ1n) is 6.35. The third-order valence-electron chi connectivity index (χ3n) is 3.66. The van der Waals surface area contributed by atoms with E-state index in [2.05, 4.69) is 6.92 Å². The molecule has 1 atom stereocenters. The van der Waals surface area contributed by atoms with Crippen LogP contribution in [0.15, 0.2) is 0 Å². The Balaban J connectivity index is 1.93. The lowest BCUT2D eigenvalue weighted by Gasteiger charge is -2.38. The predicted octanol–water partition coefficient (Wildman–Crippen LogP) is 0.612. The van der Waals surface area contributed by atoms with Crippen LogP contribution in [0.2, 0.25) is 0 Å². The molecular weight excluding hydrogens is 218 g/mol. The maximum atomic E-state index is 12.2. The highest BCUT2D eigenvalue weighted by Crippen LogP contribution is 2.17. The zero-order valence-electron chi connectivity index (χ0n) is 10.7. The highest BCUT2D eigenvalue weighted by atomic mass is 16.2. The van der Waals surface area contributed by atoms with Gasteiger partial charge in [0.1, 0.15) is 6.54 Å². The lowest BCUT2D eigenvalue weighted by atomic mass is 10.0. The third-order valence-corrected chi connectivity index (χ3v) is 3.66. The van der Waals surface area contributed by atoms with Crippen molar-refractivity contribution in [3.8, 4) is 0 Å². The Bertz CT molecular complexity index is 319. The number of carbonyl (C=O) groups is 2. The fraction of sp³-hybridized carbons (Fsp3) is 0.833. The van der Waals surface area contributed by atoms with Gasteiger partial charge in [0.05, 0.1) is 0 Å². The van der Waals surface area contributed by atoms with E-state index >= 15 is 0 Å². The maximum Gasteiger partial charge on any atom is 0.320 e. The van der Waals surface area contributed by atoms with Gasteiger partial charge >= 0.3 is 6.03 Å². The van der Waals surface area contributed by atoms with Gasteiger partial charge in [0.2, 0.25) is 5.91 Å². The van der Waals surface area contributed by atoms with Crippen LogP contribution < -0.4 is 0 Å². The summed E-state index contributed by atoms with van der Waals surface area (Å²) >= 11 is 0. The third kappa shape index (κ3) is 2.70. The van der Waals surface area contributed by atoms with Crippen LogP contribution in [0.1, 0.15) is 19.8 Å². The van der Waals surface area contributed by atoms with Crippen LogP contribution in [-0.4, -0.2) is 66.4 Å². The number of likely N-dealkylation sites (N-methyl/N-ethyl adjacent to an activating group) is 1. The first kappa shape index (κ1) is 12.2. The minimum absolute atomic E-state index is 0.0367. The number of hydrogen-bond acceptors (Lipinski definition) is 2. The minimum atomic E-state index is 0.0367. The molecule has 0 spiro atoms. The second-order valence-electron chi connectivity index (χ2n) is 5.21. The van der Waals surface area contributed by atoms with Crippen molar-refractivity contribution in [3.63, 3.8) is 0 Å². The van der Waals surface area contributed by atoms with E-state index in [0.717, 1.165) is 19.5 Å². The van der Waals surface area contributed by atoms with Gasteiger partial charge in [0.25, 0.3) is 0 Å². The topological polar surface area (TPSA) is 43.9 Å². The lowest BCUT2D eigenvalue weighted by Crippen LogP contribution is -2.55. The molecule has 2 saturated heterocycles. The predicted molar refractivity (Wildman–Crippen MR) is 64.6 cm³/mol. The van der Waals surface area contributed by atoms with E-state index < -0.39 is 0 Å². The van der Waals surface area contributed by atoms with Crippen LogP contribution in [0.4, 0.5) is 4.79 Å². The zero-order chi connectivity index (χ0) is 12.4. The number of hydrogen-bond donors (Lipinski definition) is 0. The summed E-state index contributed by atoms with van der Waals surface area (Å²) in [4.78, 5) is 29.1. The lowest BCUT2D eigenvalue weighted by molar-refractivity contribution is -0.133. The normalized spacial score (nSPS) is 26.4.